The summed E-state index contributed by atoms with van der Waals surface area (Å²) in [6, 6.07) is 14.9. The highest BCUT2D eigenvalue weighted by molar-refractivity contribution is 5.85. The summed E-state index contributed by atoms with van der Waals surface area (Å²) in [6.45, 7) is 2.03. The third-order valence-electron chi connectivity index (χ3n) is 3.67. The van der Waals surface area contributed by atoms with Crippen molar-refractivity contribution in [2.45, 2.75) is 19.5 Å². The number of para-hydroxylation sites is 1. The molecule has 1 nitrogen and oxygen atoms in total. The van der Waals surface area contributed by atoms with Crippen LogP contribution in [0.5, 0.6) is 0 Å². The van der Waals surface area contributed by atoms with Gasteiger partial charge >= 0.3 is 6.18 Å². The summed E-state index contributed by atoms with van der Waals surface area (Å²) < 4.78 is 38.6. The van der Waals surface area contributed by atoms with Gasteiger partial charge < -0.3 is 0 Å². The van der Waals surface area contributed by atoms with Gasteiger partial charge in [-0.2, -0.15) is 13.2 Å². The molecule has 3 aromatic rings. The lowest BCUT2D eigenvalue weighted by atomic mass is 10.0. The van der Waals surface area contributed by atoms with Crippen LogP contribution in [0.2, 0.25) is 0 Å². The Balaban J connectivity index is 2.18. The second-order valence-corrected chi connectivity index (χ2v) is 5.12. The number of alkyl halides is 3. The number of benzene rings is 2. The summed E-state index contributed by atoms with van der Waals surface area (Å²) in [4.78, 5) is 4.51. The van der Waals surface area contributed by atoms with Crippen molar-refractivity contribution >= 4 is 10.9 Å². The third-order valence-corrected chi connectivity index (χ3v) is 3.67. The molecule has 0 saturated carbocycles. The lowest BCUT2D eigenvalue weighted by Crippen LogP contribution is -2.04. The highest BCUT2D eigenvalue weighted by atomic mass is 19.4. The van der Waals surface area contributed by atoms with Gasteiger partial charge in [0.25, 0.3) is 0 Å². The van der Waals surface area contributed by atoms with Crippen molar-refractivity contribution in [2.24, 2.45) is 0 Å². The number of halogens is 3. The summed E-state index contributed by atoms with van der Waals surface area (Å²) in [7, 11) is 0. The van der Waals surface area contributed by atoms with Crippen molar-refractivity contribution in [1.82, 2.24) is 4.98 Å². The summed E-state index contributed by atoms with van der Waals surface area (Å²) in [5.41, 5.74) is 2.28. The average Bonchev–Trinajstić information content (AvgIpc) is 2.53. The highest BCUT2D eigenvalue weighted by Gasteiger charge is 2.30. The summed E-state index contributed by atoms with van der Waals surface area (Å²) in [6.07, 6.45) is -3.55. The van der Waals surface area contributed by atoms with Gasteiger partial charge in [-0.1, -0.05) is 37.3 Å². The first-order valence-corrected chi connectivity index (χ1v) is 7.05. The molecule has 0 aliphatic heterocycles. The number of hydrogen-bond donors (Lipinski definition) is 0. The fourth-order valence-electron chi connectivity index (χ4n) is 2.54. The van der Waals surface area contributed by atoms with Crippen LogP contribution in [0.15, 0.2) is 54.6 Å². The van der Waals surface area contributed by atoms with E-state index in [2.05, 4.69) is 4.98 Å². The number of pyridine rings is 1. The SMILES string of the molecule is CCc1cc(-c2cccc(C(F)(F)F)c2)nc2ccccc12. The number of aryl methyl sites for hydroxylation is 1. The second-order valence-electron chi connectivity index (χ2n) is 5.12. The lowest BCUT2D eigenvalue weighted by molar-refractivity contribution is -0.137. The molecular formula is C18H14F3N. The number of aromatic nitrogens is 1. The van der Waals surface area contributed by atoms with E-state index in [0.29, 0.717) is 11.3 Å². The van der Waals surface area contributed by atoms with Crippen LogP contribution in [0.25, 0.3) is 22.2 Å². The summed E-state index contributed by atoms with van der Waals surface area (Å²) in [5.74, 6) is 0. The molecule has 3 rings (SSSR count). The third kappa shape index (κ3) is 2.69. The summed E-state index contributed by atoms with van der Waals surface area (Å²) in [5, 5.41) is 1.04. The molecule has 0 atom stereocenters. The fourth-order valence-corrected chi connectivity index (χ4v) is 2.54. The van der Waals surface area contributed by atoms with E-state index in [1.807, 2.05) is 37.3 Å². The molecule has 0 unspecified atom stereocenters. The topological polar surface area (TPSA) is 12.9 Å². The van der Waals surface area contributed by atoms with Crippen molar-refractivity contribution in [3.05, 3.63) is 65.7 Å². The van der Waals surface area contributed by atoms with E-state index in [4.69, 9.17) is 0 Å². The molecule has 0 radical (unpaired) electrons. The maximum absolute atomic E-state index is 12.9. The molecule has 22 heavy (non-hydrogen) atoms. The standard InChI is InChI=1S/C18H14F3N/c1-2-12-11-17(22-16-9-4-3-8-15(12)16)13-6-5-7-14(10-13)18(19,20)21/h3-11H,2H2,1H3. The van der Waals surface area contributed by atoms with E-state index >= 15 is 0 Å². The molecule has 1 aromatic heterocycles. The van der Waals surface area contributed by atoms with E-state index in [9.17, 15) is 13.2 Å². The number of rotatable bonds is 2. The zero-order valence-corrected chi connectivity index (χ0v) is 12.0. The highest BCUT2D eigenvalue weighted by Crippen LogP contribution is 2.32. The first-order valence-electron chi connectivity index (χ1n) is 7.05. The van der Waals surface area contributed by atoms with Gasteiger partial charge in [0.15, 0.2) is 0 Å². The van der Waals surface area contributed by atoms with Crippen molar-refractivity contribution in [3.63, 3.8) is 0 Å². The van der Waals surface area contributed by atoms with Gasteiger partial charge in [0, 0.05) is 10.9 Å². The first-order chi connectivity index (χ1) is 10.5. The fraction of sp³-hybridized carbons (Fsp3) is 0.167. The van der Waals surface area contributed by atoms with Gasteiger partial charge in [0.05, 0.1) is 16.8 Å². The Labute approximate surface area is 126 Å². The van der Waals surface area contributed by atoms with Crippen molar-refractivity contribution in [1.29, 1.82) is 0 Å². The smallest absolute Gasteiger partial charge is 0.248 e. The molecule has 0 aliphatic rings. The van der Waals surface area contributed by atoms with Crippen LogP contribution in [-0.4, -0.2) is 4.98 Å². The number of hydrogen-bond acceptors (Lipinski definition) is 1. The lowest BCUT2D eigenvalue weighted by Gasteiger charge is -2.11. The van der Waals surface area contributed by atoms with Gasteiger partial charge in [-0.05, 0) is 36.2 Å². The Kier molecular flexibility index (Phi) is 3.61. The molecule has 112 valence electrons. The quantitative estimate of drug-likeness (QED) is 0.610. The van der Waals surface area contributed by atoms with E-state index in [0.717, 1.165) is 35.0 Å². The predicted octanol–water partition coefficient (Wildman–Crippen LogP) is 5.48. The Hall–Kier alpha value is -2.36. The van der Waals surface area contributed by atoms with Gasteiger partial charge in [-0.25, -0.2) is 4.98 Å². The van der Waals surface area contributed by atoms with Crippen LogP contribution in [0.3, 0.4) is 0 Å². The minimum absolute atomic E-state index is 0.482. The summed E-state index contributed by atoms with van der Waals surface area (Å²) >= 11 is 0. The van der Waals surface area contributed by atoms with Gasteiger partial charge in [0.2, 0.25) is 0 Å². The molecular weight excluding hydrogens is 287 g/mol. The first kappa shape index (κ1) is 14.6. The predicted molar refractivity (Wildman–Crippen MR) is 81.6 cm³/mol. The van der Waals surface area contributed by atoms with Crippen LogP contribution in [0.4, 0.5) is 13.2 Å². The Morgan fingerprint density at radius 2 is 1.73 bits per heavy atom. The minimum Gasteiger partial charge on any atom is -0.248 e. The molecule has 4 heteroatoms. The van der Waals surface area contributed by atoms with Gasteiger partial charge in [-0.15, -0.1) is 0 Å². The average molecular weight is 301 g/mol. The van der Waals surface area contributed by atoms with Crippen LogP contribution in [0.1, 0.15) is 18.1 Å². The van der Waals surface area contributed by atoms with Crippen molar-refractivity contribution in [3.8, 4) is 11.3 Å². The number of fused-ring (bicyclic) bond motifs is 1. The normalized spacial score (nSPS) is 11.8. The molecule has 0 spiro atoms. The van der Waals surface area contributed by atoms with Crippen LogP contribution < -0.4 is 0 Å². The largest absolute Gasteiger partial charge is 0.416 e. The minimum atomic E-state index is -4.35. The van der Waals surface area contributed by atoms with Crippen molar-refractivity contribution < 1.29 is 13.2 Å². The second kappa shape index (κ2) is 5.44. The monoisotopic (exact) mass is 301 g/mol. The zero-order chi connectivity index (χ0) is 15.7. The Bertz CT molecular complexity index is 822. The van der Waals surface area contributed by atoms with Crippen LogP contribution in [-0.2, 0) is 12.6 Å². The molecule has 0 N–H and O–H groups in total. The number of nitrogens with zero attached hydrogens (tertiary/aromatic N) is 1. The molecule has 0 fully saturated rings. The molecule has 1 heterocycles. The van der Waals surface area contributed by atoms with E-state index in [1.165, 1.54) is 6.07 Å². The zero-order valence-electron chi connectivity index (χ0n) is 12.0. The maximum atomic E-state index is 12.9. The molecule has 0 saturated heterocycles. The molecule has 0 amide bonds. The van der Waals surface area contributed by atoms with E-state index < -0.39 is 11.7 Å². The molecule has 0 aliphatic carbocycles. The molecule has 2 aromatic carbocycles. The maximum Gasteiger partial charge on any atom is 0.416 e. The van der Waals surface area contributed by atoms with Crippen LogP contribution >= 0.6 is 0 Å². The Morgan fingerprint density at radius 3 is 2.45 bits per heavy atom. The van der Waals surface area contributed by atoms with Crippen molar-refractivity contribution in [2.75, 3.05) is 0 Å². The molecule has 0 bridgehead atoms. The van der Waals surface area contributed by atoms with Gasteiger partial charge in [-0.3, -0.25) is 0 Å². The van der Waals surface area contributed by atoms with Crippen LogP contribution in [0, 0.1) is 0 Å². The van der Waals surface area contributed by atoms with E-state index in [-0.39, 0.29) is 0 Å². The van der Waals surface area contributed by atoms with E-state index in [1.54, 1.807) is 6.07 Å². The Morgan fingerprint density at radius 1 is 0.955 bits per heavy atom. The van der Waals surface area contributed by atoms with Gasteiger partial charge in [0.1, 0.15) is 0 Å².